The van der Waals surface area contributed by atoms with Crippen LogP contribution in [0.25, 0.3) is 0 Å². The Morgan fingerprint density at radius 2 is 1.53 bits per heavy atom. The summed E-state index contributed by atoms with van der Waals surface area (Å²) in [4.78, 5) is 18.1. The molecule has 1 N–H and O–H groups in total. The van der Waals surface area contributed by atoms with Crippen LogP contribution in [-0.2, 0) is 20.6 Å². The van der Waals surface area contributed by atoms with Gasteiger partial charge >= 0.3 is 0 Å². The first-order valence-electron chi connectivity index (χ1n) is 10.6. The number of aromatic nitrogens is 1. The molecule has 0 fully saturated rings. The molecule has 0 radical (unpaired) electrons. The molecule has 1 amide bonds. The molecule has 172 valence electrons. The van der Waals surface area contributed by atoms with Gasteiger partial charge in [0, 0.05) is 22.5 Å². The van der Waals surface area contributed by atoms with Crippen molar-refractivity contribution in [2.45, 2.75) is 15.5 Å². The van der Waals surface area contributed by atoms with Gasteiger partial charge in [-0.1, -0.05) is 48.5 Å². The molecular weight excluding hydrogens is 466 g/mol. The van der Waals surface area contributed by atoms with Crippen molar-refractivity contribution in [1.29, 1.82) is 0 Å². The molecule has 4 aromatic rings. The second-order valence-corrected chi connectivity index (χ2v) is 10.3. The zero-order valence-electron chi connectivity index (χ0n) is 18.2. The van der Waals surface area contributed by atoms with E-state index >= 15 is 0 Å². The first-order valence-corrected chi connectivity index (χ1v) is 13.0. The topological polar surface area (TPSA) is 79.4 Å². The van der Waals surface area contributed by atoms with E-state index < -0.39 is 15.9 Å². The van der Waals surface area contributed by atoms with Gasteiger partial charge in [-0.2, -0.15) is 0 Å². The quantitative estimate of drug-likeness (QED) is 0.327. The minimum atomic E-state index is -3.95. The molecule has 0 aliphatic heterocycles. The fourth-order valence-electron chi connectivity index (χ4n) is 3.23. The van der Waals surface area contributed by atoms with Gasteiger partial charge in [-0.05, 0) is 54.1 Å². The van der Waals surface area contributed by atoms with Gasteiger partial charge in [0.15, 0.2) is 0 Å². The first kappa shape index (κ1) is 23.5. The molecule has 0 atom stereocenters. The van der Waals surface area contributed by atoms with Gasteiger partial charge in [0.2, 0.25) is 5.91 Å². The lowest BCUT2D eigenvalue weighted by molar-refractivity contribution is -0.114. The molecule has 0 spiro atoms. The molecule has 34 heavy (non-hydrogen) atoms. The van der Waals surface area contributed by atoms with E-state index in [4.69, 9.17) is 0 Å². The number of thioether (sulfide) groups is 1. The zero-order chi connectivity index (χ0) is 23.8. The van der Waals surface area contributed by atoms with E-state index in [0.717, 1.165) is 15.6 Å². The van der Waals surface area contributed by atoms with E-state index in [1.54, 1.807) is 48.3 Å². The van der Waals surface area contributed by atoms with E-state index in [2.05, 4.69) is 22.4 Å². The van der Waals surface area contributed by atoms with E-state index in [9.17, 15) is 13.2 Å². The maximum atomic E-state index is 13.3. The monoisotopic (exact) mass is 489 g/mol. The van der Waals surface area contributed by atoms with Crippen molar-refractivity contribution in [2.75, 3.05) is 16.2 Å². The highest BCUT2D eigenvalue weighted by Gasteiger charge is 2.27. The van der Waals surface area contributed by atoms with E-state index in [0.29, 0.717) is 11.4 Å². The van der Waals surface area contributed by atoms with E-state index in [1.165, 1.54) is 23.2 Å². The van der Waals surface area contributed by atoms with Crippen LogP contribution in [0.4, 0.5) is 11.4 Å². The SMILES string of the molecule is O=C(CN(c1cccnc1)S(=O)(=O)c1ccccc1)Nc1ccc(CSc2ccccc2)cc1. The summed E-state index contributed by atoms with van der Waals surface area (Å²) in [7, 11) is -3.95. The molecule has 4 rings (SSSR count). The number of nitrogens with one attached hydrogen (secondary N) is 1. The molecule has 3 aromatic carbocycles. The van der Waals surface area contributed by atoms with Gasteiger partial charge < -0.3 is 5.32 Å². The van der Waals surface area contributed by atoms with Crippen molar-refractivity contribution in [3.8, 4) is 0 Å². The highest BCUT2D eigenvalue weighted by atomic mass is 32.2. The maximum Gasteiger partial charge on any atom is 0.264 e. The molecular formula is C26H23N3O3S2. The molecule has 0 aliphatic carbocycles. The minimum absolute atomic E-state index is 0.104. The third-order valence-corrected chi connectivity index (χ3v) is 7.81. The number of sulfonamides is 1. The lowest BCUT2D eigenvalue weighted by Crippen LogP contribution is -2.38. The third kappa shape index (κ3) is 6.03. The number of hydrogen-bond donors (Lipinski definition) is 1. The largest absolute Gasteiger partial charge is 0.325 e. The average Bonchev–Trinajstić information content (AvgIpc) is 2.88. The summed E-state index contributed by atoms with van der Waals surface area (Å²) < 4.78 is 27.6. The molecule has 0 aliphatic rings. The standard InChI is InChI=1S/C26H23N3O3S2/c30-26(28-22-15-13-21(14-16-22)20-33-24-9-3-1-4-10-24)19-29(23-8-7-17-27-18-23)34(31,32)25-11-5-2-6-12-25/h1-18H,19-20H2,(H,28,30). The second kappa shape index (κ2) is 11.0. The highest BCUT2D eigenvalue weighted by molar-refractivity contribution is 7.98. The molecule has 0 saturated carbocycles. The van der Waals surface area contributed by atoms with Crippen LogP contribution in [0.2, 0.25) is 0 Å². The lowest BCUT2D eigenvalue weighted by atomic mass is 10.2. The first-order chi connectivity index (χ1) is 16.5. The lowest BCUT2D eigenvalue weighted by Gasteiger charge is -2.23. The zero-order valence-corrected chi connectivity index (χ0v) is 19.9. The Morgan fingerprint density at radius 1 is 0.853 bits per heavy atom. The molecule has 6 nitrogen and oxygen atoms in total. The molecule has 8 heteroatoms. The fourth-order valence-corrected chi connectivity index (χ4v) is 5.54. The Morgan fingerprint density at radius 3 is 2.18 bits per heavy atom. The van der Waals surface area contributed by atoms with Crippen LogP contribution in [0.3, 0.4) is 0 Å². The van der Waals surface area contributed by atoms with E-state index in [1.807, 2.05) is 42.5 Å². The van der Waals surface area contributed by atoms with Crippen molar-refractivity contribution >= 4 is 39.1 Å². The molecule has 0 bridgehead atoms. The van der Waals surface area contributed by atoms with Gasteiger partial charge in [-0.25, -0.2) is 8.42 Å². The van der Waals surface area contributed by atoms with Crippen molar-refractivity contribution in [3.63, 3.8) is 0 Å². The number of anilines is 2. The third-order valence-electron chi connectivity index (χ3n) is 4.94. The normalized spacial score (nSPS) is 11.1. The number of hydrogen-bond acceptors (Lipinski definition) is 5. The molecule has 0 unspecified atom stereocenters. The number of amides is 1. The van der Waals surface area contributed by atoms with Gasteiger partial charge in [0.1, 0.15) is 6.54 Å². The fraction of sp³-hybridized carbons (Fsp3) is 0.0769. The van der Waals surface area contributed by atoms with Crippen molar-refractivity contribution in [1.82, 2.24) is 4.98 Å². The van der Waals surface area contributed by atoms with Crippen LogP contribution < -0.4 is 9.62 Å². The summed E-state index contributed by atoms with van der Waals surface area (Å²) in [6.07, 6.45) is 2.97. The Bertz CT molecular complexity index is 1320. The van der Waals surface area contributed by atoms with Gasteiger partial charge in [0.25, 0.3) is 10.0 Å². The summed E-state index contributed by atoms with van der Waals surface area (Å²) in [6.45, 7) is -0.380. The molecule has 1 heterocycles. The van der Waals surface area contributed by atoms with Crippen molar-refractivity contribution in [2.24, 2.45) is 0 Å². The summed E-state index contributed by atoms with van der Waals surface area (Å²) in [6, 6.07) is 28.9. The molecule has 0 saturated heterocycles. The number of rotatable bonds is 9. The number of pyridine rings is 1. The van der Waals surface area contributed by atoms with Crippen molar-refractivity contribution < 1.29 is 13.2 Å². The second-order valence-electron chi connectivity index (χ2n) is 7.38. The van der Waals surface area contributed by atoms with Crippen LogP contribution in [-0.4, -0.2) is 25.9 Å². The number of carbonyl (C=O) groups is 1. The Balaban J connectivity index is 1.45. The van der Waals surface area contributed by atoms with Gasteiger partial charge in [0.05, 0.1) is 16.8 Å². The van der Waals surface area contributed by atoms with Crippen LogP contribution in [0.5, 0.6) is 0 Å². The van der Waals surface area contributed by atoms with Crippen LogP contribution in [0.1, 0.15) is 5.56 Å². The van der Waals surface area contributed by atoms with Crippen LogP contribution in [0, 0.1) is 0 Å². The number of carbonyl (C=O) groups excluding carboxylic acids is 1. The predicted molar refractivity (Wildman–Crippen MR) is 136 cm³/mol. The Labute approximate surface area is 203 Å². The van der Waals surface area contributed by atoms with Crippen molar-refractivity contribution in [3.05, 3.63) is 115 Å². The predicted octanol–water partition coefficient (Wildman–Crippen LogP) is 5.21. The van der Waals surface area contributed by atoms with Crippen LogP contribution >= 0.6 is 11.8 Å². The van der Waals surface area contributed by atoms with Gasteiger partial charge in [-0.15, -0.1) is 11.8 Å². The smallest absolute Gasteiger partial charge is 0.264 e. The van der Waals surface area contributed by atoms with Gasteiger partial charge in [-0.3, -0.25) is 14.1 Å². The Kier molecular flexibility index (Phi) is 7.61. The number of benzene rings is 3. The average molecular weight is 490 g/mol. The summed E-state index contributed by atoms with van der Waals surface area (Å²) in [5.74, 6) is 0.359. The summed E-state index contributed by atoms with van der Waals surface area (Å²) in [5.41, 5.74) is 2.03. The summed E-state index contributed by atoms with van der Waals surface area (Å²) >= 11 is 1.73. The molecule has 1 aromatic heterocycles. The Hall–Kier alpha value is -3.62. The van der Waals surface area contributed by atoms with E-state index in [-0.39, 0.29) is 11.4 Å². The summed E-state index contributed by atoms with van der Waals surface area (Å²) in [5, 5.41) is 2.79. The number of nitrogens with zero attached hydrogens (tertiary/aromatic N) is 2. The highest BCUT2D eigenvalue weighted by Crippen LogP contribution is 2.24. The van der Waals surface area contributed by atoms with Crippen LogP contribution in [0.15, 0.2) is 119 Å². The minimum Gasteiger partial charge on any atom is -0.325 e. The maximum absolute atomic E-state index is 13.3.